The first-order valence-electron chi connectivity index (χ1n) is 6.47. The maximum absolute atomic E-state index is 2.55. The quantitative estimate of drug-likeness (QED) is 0.673. The molecule has 0 N–H and O–H groups in total. The van der Waals surface area contributed by atoms with Gasteiger partial charge in [0, 0.05) is 32.7 Å². The molecule has 0 aromatic carbocycles. The summed E-state index contributed by atoms with van der Waals surface area (Å²) in [5.41, 5.74) is 4.83. The smallest absolute Gasteiger partial charge is 0.0214 e. The second-order valence-corrected chi connectivity index (χ2v) is 5.22. The first-order chi connectivity index (χ1) is 7.69. The molecule has 0 unspecified atom stereocenters. The molecule has 90 valence electrons. The molecule has 0 atom stereocenters. The topological polar surface area (TPSA) is 6.48 Å². The molecule has 16 heavy (non-hydrogen) atoms. The van der Waals surface area contributed by atoms with E-state index in [1.54, 1.807) is 11.1 Å². The van der Waals surface area contributed by atoms with Gasteiger partial charge in [0.25, 0.3) is 0 Å². The SMILES string of the molecule is CCN1CCC(C)=C(CN2CC=C(C)C2)C1. The molecule has 2 heteroatoms. The third-order valence-corrected chi connectivity index (χ3v) is 3.85. The van der Waals surface area contributed by atoms with E-state index in [2.05, 4.69) is 36.6 Å². The fraction of sp³-hybridized carbons (Fsp3) is 0.714. The van der Waals surface area contributed by atoms with E-state index >= 15 is 0 Å². The van der Waals surface area contributed by atoms with Gasteiger partial charge in [0.05, 0.1) is 0 Å². The fourth-order valence-electron chi connectivity index (χ4n) is 2.60. The maximum Gasteiger partial charge on any atom is 0.0214 e. The Labute approximate surface area is 99.6 Å². The summed E-state index contributed by atoms with van der Waals surface area (Å²) in [6.45, 7) is 13.9. The molecule has 2 aliphatic heterocycles. The average Bonchev–Trinajstić information content (AvgIpc) is 2.67. The predicted molar refractivity (Wildman–Crippen MR) is 69.6 cm³/mol. The maximum atomic E-state index is 2.55. The summed E-state index contributed by atoms with van der Waals surface area (Å²) in [6.07, 6.45) is 3.62. The molecule has 0 radical (unpaired) electrons. The van der Waals surface area contributed by atoms with Crippen molar-refractivity contribution in [2.75, 3.05) is 39.3 Å². The molecule has 0 aliphatic carbocycles. The van der Waals surface area contributed by atoms with Crippen LogP contribution in [0.25, 0.3) is 0 Å². The highest BCUT2D eigenvalue weighted by molar-refractivity contribution is 5.21. The van der Waals surface area contributed by atoms with Crippen molar-refractivity contribution >= 4 is 0 Å². The number of nitrogens with zero attached hydrogens (tertiary/aromatic N) is 2. The zero-order chi connectivity index (χ0) is 11.5. The van der Waals surface area contributed by atoms with Crippen molar-refractivity contribution in [2.45, 2.75) is 27.2 Å². The lowest BCUT2D eigenvalue weighted by molar-refractivity contribution is 0.280. The summed E-state index contributed by atoms with van der Waals surface area (Å²) in [4.78, 5) is 5.10. The fourth-order valence-corrected chi connectivity index (χ4v) is 2.60. The minimum atomic E-state index is 1.15. The number of hydrogen-bond donors (Lipinski definition) is 0. The first-order valence-corrected chi connectivity index (χ1v) is 6.47. The lowest BCUT2D eigenvalue weighted by Crippen LogP contribution is -2.35. The molecule has 0 bridgehead atoms. The average molecular weight is 220 g/mol. The molecular weight excluding hydrogens is 196 g/mol. The second-order valence-electron chi connectivity index (χ2n) is 5.22. The van der Waals surface area contributed by atoms with Crippen molar-refractivity contribution in [3.8, 4) is 0 Å². The third kappa shape index (κ3) is 2.74. The van der Waals surface area contributed by atoms with Gasteiger partial charge in [-0.05, 0) is 32.4 Å². The van der Waals surface area contributed by atoms with Crippen LogP contribution in [0.3, 0.4) is 0 Å². The molecule has 0 aromatic rings. The van der Waals surface area contributed by atoms with Crippen LogP contribution in [0.15, 0.2) is 22.8 Å². The van der Waals surface area contributed by atoms with E-state index in [1.165, 1.54) is 44.7 Å². The predicted octanol–water partition coefficient (Wildman–Crippen LogP) is 2.29. The largest absolute Gasteiger partial charge is 0.299 e. The Morgan fingerprint density at radius 1 is 1.19 bits per heavy atom. The Morgan fingerprint density at radius 3 is 2.62 bits per heavy atom. The Morgan fingerprint density at radius 2 is 2.00 bits per heavy atom. The highest BCUT2D eigenvalue weighted by Crippen LogP contribution is 2.20. The van der Waals surface area contributed by atoms with Gasteiger partial charge in [0.1, 0.15) is 0 Å². The van der Waals surface area contributed by atoms with Gasteiger partial charge >= 0.3 is 0 Å². The van der Waals surface area contributed by atoms with Gasteiger partial charge in [-0.2, -0.15) is 0 Å². The molecule has 2 heterocycles. The number of rotatable bonds is 3. The van der Waals surface area contributed by atoms with Gasteiger partial charge in [0.15, 0.2) is 0 Å². The van der Waals surface area contributed by atoms with Gasteiger partial charge in [-0.15, -0.1) is 0 Å². The van der Waals surface area contributed by atoms with Crippen molar-refractivity contribution in [1.29, 1.82) is 0 Å². The van der Waals surface area contributed by atoms with Gasteiger partial charge in [-0.3, -0.25) is 9.80 Å². The van der Waals surface area contributed by atoms with E-state index in [1.807, 2.05) is 0 Å². The minimum Gasteiger partial charge on any atom is -0.299 e. The standard InChI is InChI=1S/C14H24N2/c1-4-15-8-6-13(3)14(10-15)11-16-7-5-12(2)9-16/h5H,4,6-11H2,1-3H3. The Bertz CT molecular complexity index is 315. The number of likely N-dealkylation sites (N-methyl/N-ethyl adjacent to an activating group) is 1. The van der Waals surface area contributed by atoms with E-state index in [-0.39, 0.29) is 0 Å². The molecule has 0 fully saturated rings. The van der Waals surface area contributed by atoms with Crippen LogP contribution in [0, 0.1) is 0 Å². The van der Waals surface area contributed by atoms with Crippen LogP contribution in [0.4, 0.5) is 0 Å². The van der Waals surface area contributed by atoms with E-state index in [0.717, 1.165) is 6.54 Å². The van der Waals surface area contributed by atoms with E-state index < -0.39 is 0 Å². The molecule has 0 spiro atoms. The molecule has 0 amide bonds. The highest BCUT2D eigenvalue weighted by atomic mass is 15.2. The highest BCUT2D eigenvalue weighted by Gasteiger charge is 2.19. The molecule has 2 rings (SSSR count). The van der Waals surface area contributed by atoms with Gasteiger partial charge in [-0.25, -0.2) is 0 Å². The second kappa shape index (κ2) is 5.15. The van der Waals surface area contributed by atoms with Gasteiger partial charge in [0.2, 0.25) is 0 Å². The van der Waals surface area contributed by atoms with Crippen molar-refractivity contribution in [2.24, 2.45) is 0 Å². The lowest BCUT2D eigenvalue weighted by atomic mass is 10.0. The summed E-state index contributed by atoms with van der Waals surface area (Å²) < 4.78 is 0. The molecule has 2 nitrogen and oxygen atoms in total. The van der Waals surface area contributed by atoms with Crippen molar-refractivity contribution in [3.05, 3.63) is 22.8 Å². The van der Waals surface area contributed by atoms with Crippen molar-refractivity contribution < 1.29 is 0 Å². The summed E-state index contributed by atoms with van der Waals surface area (Å²) in [7, 11) is 0. The van der Waals surface area contributed by atoms with E-state index in [9.17, 15) is 0 Å². The molecule has 2 aliphatic rings. The van der Waals surface area contributed by atoms with Crippen LogP contribution in [0.1, 0.15) is 27.2 Å². The van der Waals surface area contributed by atoms with Crippen molar-refractivity contribution in [3.63, 3.8) is 0 Å². The zero-order valence-electron chi connectivity index (χ0n) is 10.9. The lowest BCUT2D eigenvalue weighted by Gasteiger charge is -2.31. The van der Waals surface area contributed by atoms with Gasteiger partial charge < -0.3 is 0 Å². The van der Waals surface area contributed by atoms with Crippen LogP contribution in [0.2, 0.25) is 0 Å². The number of hydrogen-bond acceptors (Lipinski definition) is 2. The summed E-state index contributed by atoms with van der Waals surface area (Å²) >= 11 is 0. The van der Waals surface area contributed by atoms with Crippen molar-refractivity contribution in [1.82, 2.24) is 9.80 Å². The van der Waals surface area contributed by atoms with Crippen LogP contribution in [-0.2, 0) is 0 Å². The molecule has 0 aromatic heterocycles. The summed E-state index contributed by atoms with van der Waals surface area (Å²) in [5.74, 6) is 0. The first kappa shape index (κ1) is 11.9. The van der Waals surface area contributed by atoms with E-state index in [0.29, 0.717) is 0 Å². The third-order valence-electron chi connectivity index (χ3n) is 3.85. The monoisotopic (exact) mass is 220 g/mol. The van der Waals surface area contributed by atoms with Crippen LogP contribution < -0.4 is 0 Å². The Kier molecular flexibility index (Phi) is 3.82. The van der Waals surface area contributed by atoms with Gasteiger partial charge in [-0.1, -0.05) is 24.1 Å². The normalized spacial score (nSPS) is 24.1. The molecular formula is C14H24N2. The molecule has 0 saturated heterocycles. The zero-order valence-corrected chi connectivity index (χ0v) is 10.9. The van der Waals surface area contributed by atoms with Crippen LogP contribution in [0.5, 0.6) is 0 Å². The van der Waals surface area contributed by atoms with E-state index in [4.69, 9.17) is 0 Å². The molecule has 0 saturated carbocycles. The summed E-state index contributed by atoms with van der Waals surface area (Å²) in [6, 6.07) is 0. The summed E-state index contributed by atoms with van der Waals surface area (Å²) in [5, 5.41) is 0. The Hall–Kier alpha value is -0.600. The van der Waals surface area contributed by atoms with Crippen LogP contribution >= 0.6 is 0 Å². The Balaban J connectivity index is 1.93. The minimum absolute atomic E-state index is 1.15. The van der Waals surface area contributed by atoms with Crippen LogP contribution in [-0.4, -0.2) is 49.1 Å².